The van der Waals surface area contributed by atoms with Gasteiger partial charge in [0.1, 0.15) is 5.82 Å². The summed E-state index contributed by atoms with van der Waals surface area (Å²) in [6.07, 6.45) is 0. The van der Waals surface area contributed by atoms with Gasteiger partial charge in [-0.2, -0.15) is 0 Å². The summed E-state index contributed by atoms with van der Waals surface area (Å²) >= 11 is 0. The van der Waals surface area contributed by atoms with Gasteiger partial charge in [0, 0.05) is 17.8 Å². The predicted molar refractivity (Wildman–Crippen MR) is 78.7 cm³/mol. The van der Waals surface area contributed by atoms with Crippen LogP contribution < -0.4 is 5.32 Å². The van der Waals surface area contributed by atoms with Gasteiger partial charge in [-0.15, -0.1) is 0 Å². The standard InChI is InChI=1S/C16H20FN3/c1-11(2)9-18-10-15-8-12(3)19-16(20-15)13-4-6-14(17)7-5-13/h4-8,11,18H,9-10H2,1-3H3. The topological polar surface area (TPSA) is 37.8 Å². The van der Waals surface area contributed by atoms with Gasteiger partial charge in [0.2, 0.25) is 0 Å². The summed E-state index contributed by atoms with van der Waals surface area (Å²) in [7, 11) is 0. The molecule has 0 saturated carbocycles. The zero-order valence-corrected chi connectivity index (χ0v) is 12.2. The quantitative estimate of drug-likeness (QED) is 0.908. The fraction of sp³-hybridized carbons (Fsp3) is 0.375. The van der Waals surface area contributed by atoms with Gasteiger partial charge in [-0.25, -0.2) is 14.4 Å². The number of nitrogens with one attached hydrogen (secondary N) is 1. The zero-order chi connectivity index (χ0) is 14.5. The van der Waals surface area contributed by atoms with E-state index in [0.29, 0.717) is 11.7 Å². The number of hydrogen-bond acceptors (Lipinski definition) is 3. The van der Waals surface area contributed by atoms with Gasteiger partial charge < -0.3 is 5.32 Å². The first-order valence-electron chi connectivity index (χ1n) is 6.86. The summed E-state index contributed by atoms with van der Waals surface area (Å²) in [4.78, 5) is 8.95. The number of rotatable bonds is 5. The van der Waals surface area contributed by atoms with Gasteiger partial charge in [0.15, 0.2) is 5.82 Å². The zero-order valence-electron chi connectivity index (χ0n) is 12.2. The normalized spacial score (nSPS) is 11.1. The molecule has 0 aliphatic heterocycles. The second-order valence-corrected chi connectivity index (χ2v) is 5.36. The molecule has 106 valence electrons. The first-order valence-corrected chi connectivity index (χ1v) is 6.86. The maximum absolute atomic E-state index is 13.0. The number of nitrogens with zero attached hydrogens (tertiary/aromatic N) is 2. The molecule has 0 aliphatic carbocycles. The van der Waals surface area contributed by atoms with Gasteiger partial charge in [0.05, 0.1) is 5.69 Å². The number of aryl methyl sites for hydroxylation is 1. The summed E-state index contributed by atoms with van der Waals surface area (Å²) in [5, 5.41) is 3.37. The van der Waals surface area contributed by atoms with Crippen LogP contribution >= 0.6 is 0 Å². The molecule has 2 aromatic rings. The highest BCUT2D eigenvalue weighted by Gasteiger charge is 2.05. The number of aromatic nitrogens is 2. The van der Waals surface area contributed by atoms with Crippen LogP contribution in [0.4, 0.5) is 4.39 Å². The molecule has 0 aliphatic rings. The predicted octanol–water partition coefficient (Wildman–Crippen LogP) is 3.34. The molecule has 0 atom stereocenters. The van der Waals surface area contributed by atoms with Gasteiger partial charge in [-0.3, -0.25) is 0 Å². The number of benzene rings is 1. The third-order valence-corrected chi connectivity index (χ3v) is 2.87. The van der Waals surface area contributed by atoms with E-state index in [-0.39, 0.29) is 5.82 Å². The van der Waals surface area contributed by atoms with Crippen LogP contribution in [0.15, 0.2) is 30.3 Å². The Morgan fingerprint density at radius 2 is 1.85 bits per heavy atom. The van der Waals surface area contributed by atoms with Crippen molar-refractivity contribution in [3.05, 3.63) is 47.5 Å². The first-order chi connectivity index (χ1) is 9.54. The van der Waals surface area contributed by atoms with Crippen molar-refractivity contribution in [3.8, 4) is 11.4 Å². The fourth-order valence-electron chi connectivity index (χ4n) is 1.94. The minimum absolute atomic E-state index is 0.250. The van der Waals surface area contributed by atoms with E-state index < -0.39 is 0 Å². The maximum Gasteiger partial charge on any atom is 0.159 e. The van der Waals surface area contributed by atoms with E-state index in [1.807, 2.05) is 13.0 Å². The van der Waals surface area contributed by atoms with Crippen molar-refractivity contribution in [2.45, 2.75) is 27.3 Å². The van der Waals surface area contributed by atoms with Crippen molar-refractivity contribution in [1.29, 1.82) is 0 Å². The molecule has 0 bridgehead atoms. The molecule has 1 heterocycles. The SMILES string of the molecule is Cc1cc(CNCC(C)C)nc(-c2ccc(F)cc2)n1. The van der Waals surface area contributed by atoms with E-state index in [1.165, 1.54) is 12.1 Å². The molecule has 1 N–H and O–H groups in total. The molecule has 20 heavy (non-hydrogen) atoms. The van der Waals surface area contributed by atoms with E-state index >= 15 is 0 Å². The highest BCUT2D eigenvalue weighted by atomic mass is 19.1. The summed E-state index contributed by atoms with van der Waals surface area (Å²) in [6.45, 7) is 7.95. The molecule has 1 aromatic carbocycles. The van der Waals surface area contributed by atoms with E-state index in [9.17, 15) is 4.39 Å². The molecular weight excluding hydrogens is 253 g/mol. The molecule has 0 unspecified atom stereocenters. The molecule has 0 fully saturated rings. The summed E-state index contributed by atoms with van der Waals surface area (Å²) in [6, 6.07) is 8.24. The monoisotopic (exact) mass is 273 g/mol. The molecule has 4 heteroatoms. The molecule has 0 spiro atoms. The van der Waals surface area contributed by atoms with Crippen molar-refractivity contribution in [2.75, 3.05) is 6.54 Å². The Kier molecular flexibility index (Phi) is 4.79. The van der Waals surface area contributed by atoms with Crippen LogP contribution in [0, 0.1) is 18.7 Å². The van der Waals surface area contributed by atoms with Crippen LogP contribution in [-0.4, -0.2) is 16.5 Å². The lowest BCUT2D eigenvalue weighted by Gasteiger charge is -2.09. The lowest BCUT2D eigenvalue weighted by atomic mass is 10.2. The lowest BCUT2D eigenvalue weighted by molar-refractivity contribution is 0.548. The Bertz CT molecular complexity index is 564. The molecule has 1 aromatic heterocycles. The minimum Gasteiger partial charge on any atom is -0.311 e. The minimum atomic E-state index is -0.250. The van der Waals surface area contributed by atoms with Crippen molar-refractivity contribution in [1.82, 2.24) is 15.3 Å². The van der Waals surface area contributed by atoms with Crippen molar-refractivity contribution < 1.29 is 4.39 Å². The van der Waals surface area contributed by atoms with Crippen LogP contribution in [-0.2, 0) is 6.54 Å². The summed E-state index contributed by atoms with van der Waals surface area (Å²) in [5.74, 6) is 1.00. The molecular formula is C16H20FN3. The van der Waals surface area contributed by atoms with E-state index in [2.05, 4.69) is 29.1 Å². The van der Waals surface area contributed by atoms with Crippen LogP contribution in [0.25, 0.3) is 11.4 Å². The average Bonchev–Trinajstić information content (AvgIpc) is 2.38. The Morgan fingerprint density at radius 1 is 1.15 bits per heavy atom. The Morgan fingerprint density at radius 3 is 2.50 bits per heavy atom. The van der Waals surface area contributed by atoms with Crippen LogP contribution in [0.1, 0.15) is 25.2 Å². The van der Waals surface area contributed by atoms with Gasteiger partial charge >= 0.3 is 0 Å². The molecule has 2 rings (SSSR count). The van der Waals surface area contributed by atoms with Crippen molar-refractivity contribution >= 4 is 0 Å². The van der Waals surface area contributed by atoms with Gasteiger partial charge in [-0.1, -0.05) is 13.8 Å². The fourth-order valence-corrected chi connectivity index (χ4v) is 1.94. The smallest absolute Gasteiger partial charge is 0.159 e. The Labute approximate surface area is 119 Å². The average molecular weight is 273 g/mol. The molecule has 0 amide bonds. The maximum atomic E-state index is 13.0. The number of halogens is 1. The summed E-state index contributed by atoms with van der Waals surface area (Å²) in [5.41, 5.74) is 2.71. The second-order valence-electron chi connectivity index (χ2n) is 5.36. The largest absolute Gasteiger partial charge is 0.311 e. The van der Waals surface area contributed by atoms with Gasteiger partial charge in [0.25, 0.3) is 0 Å². The Hall–Kier alpha value is -1.81. The van der Waals surface area contributed by atoms with Gasteiger partial charge in [-0.05, 0) is 49.7 Å². The highest BCUT2D eigenvalue weighted by Crippen LogP contribution is 2.16. The van der Waals surface area contributed by atoms with Crippen LogP contribution in [0.5, 0.6) is 0 Å². The third kappa shape index (κ3) is 4.10. The molecule has 0 saturated heterocycles. The second kappa shape index (κ2) is 6.57. The molecule has 3 nitrogen and oxygen atoms in total. The van der Waals surface area contributed by atoms with E-state index in [1.54, 1.807) is 12.1 Å². The Balaban J connectivity index is 2.18. The summed E-state index contributed by atoms with van der Waals surface area (Å²) < 4.78 is 13.0. The van der Waals surface area contributed by atoms with Crippen LogP contribution in [0.2, 0.25) is 0 Å². The van der Waals surface area contributed by atoms with Crippen LogP contribution in [0.3, 0.4) is 0 Å². The molecule has 0 radical (unpaired) electrons. The lowest BCUT2D eigenvalue weighted by Crippen LogP contribution is -2.20. The first kappa shape index (κ1) is 14.6. The third-order valence-electron chi connectivity index (χ3n) is 2.87. The van der Waals surface area contributed by atoms with Crippen molar-refractivity contribution in [2.24, 2.45) is 5.92 Å². The van der Waals surface area contributed by atoms with E-state index in [4.69, 9.17) is 0 Å². The van der Waals surface area contributed by atoms with Crippen molar-refractivity contribution in [3.63, 3.8) is 0 Å². The highest BCUT2D eigenvalue weighted by molar-refractivity contribution is 5.54. The number of hydrogen-bond donors (Lipinski definition) is 1. The van der Waals surface area contributed by atoms with E-state index in [0.717, 1.165) is 30.0 Å².